The van der Waals surface area contributed by atoms with Crippen molar-refractivity contribution >= 4 is 11.0 Å². The monoisotopic (exact) mass is 588 g/mol. The van der Waals surface area contributed by atoms with E-state index in [9.17, 15) is 8.78 Å². The standard InChI is InChI=1S/C37H46F2N2O2/c1-4-6-8-10-12-14-24-42-30-20-16-28(17-21-30)36-37(41-35-27(3)34(39)32(38)26-33(35)40-36)29-18-22-31(23-19-29)43-25-15-13-11-9-7-5-2/h16-23,26H,4-15,24-25H2,1-3H3. The molecule has 0 aliphatic heterocycles. The Balaban J connectivity index is 1.52. The van der Waals surface area contributed by atoms with Crippen LogP contribution in [0.25, 0.3) is 33.5 Å². The first-order valence-corrected chi connectivity index (χ1v) is 16.1. The normalized spacial score (nSPS) is 11.3. The predicted molar refractivity (Wildman–Crippen MR) is 173 cm³/mol. The van der Waals surface area contributed by atoms with Crippen molar-refractivity contribution in [1.82, 2.24) is 9.97 Å². The zero-order chi connectivity index (χ0) is 30.4. The van der Waals surface area contributed by atoms with Gasteiger partial charge in [0.25, 0.3) is 0 Å². The van der Waals surface area contributed by atoms with E-state index in [-0.39, 0.29) is 5.56 Å². The lowest BCUT2D eigenvalue weighted by Crippen LogP contribution is -2.01. The van der Waals surface area contributed by atoms with Crippen LogP contribution >= 0.6 is 0 Å². The molecule has 0 saturated heterocycles. The van der Waals surface area contributed by atoms with E-state index in [1.165, 1.54) is 71.1 Å². The second kappa shape index (κ2) is 16.9. The minimum absolute atomic E-state index is 0.146. The molecule has 4 aromatic rings. The molecule has 1 aromatic heterocycles. The highest BCUT2D eigenvalue weighted by molar-refractivity contribution is 5.88. The van der Waals surface area contributed by atoms with Gasteiger partial charge in [-0.3, -0.25) is 0 Å². The molecule has 0 aliphatic rings. The lowest BCUT2D eigenvalue weighted by molar-refractivity contribution is 0.304. The third-order valence-corrected chi connectivity index (χ3v) is 7.87. The Kier molecular flexibility index (Phi) is 12.7. The average molecular weight is 589 g/mol. The van der Waals surface area contributed by atoms with Gasteiger partial charge in [0, 0.05) is 22.8 Å². The molecule has 0 N–H and O–H groups in total. The van der Waals surface area contributed by atoms with Crippen molar-refractivity contribution in [2.45, 2.75) is 97.8 Å². The molecule has 1 heterocycles. The molecular formula is C37H46F2N2O2. The van der Waals surface area contributed by atoms with Crippen LogP contribution < -0.4 is 9.47 Å². The maximum absolute atomic E-state index is 14.5. The third-order valence-electron chi connectivity index (χ3n) is 7.87. The zero-order valence-corrected chi connectivity index (χ0v) is 26.1. The van der Waals surface area contributed by atoms with Gasteiger partial charge in [-0.25, -0.2) is 18.7 Å². The number of ether oxygens (including phenoxy) is 2. The fourth-order valence-corrected chi connectivity index (χ4v) is 5.26. The second-order valence-electron chi connectivity index (χ2n) is 11.4. The lowest BCUT2D eigenvalue weighted by atomic mass is 10.0. The van der Waals surface area contributed by atoms with Crippen molar-refractivity contribution in [2.75, 3.05) is 13.2 Å². The summed E-state index contributed by atoms with van der Waals surface area (Å²) in [6, 6.07) is 16.6. The van der Waals surface area contributed by atoms with E-state index in [1.54, 1.807) is 0 Å². The summed E-state index contributed by atoms with van der Waals surface area (Å²) in [4.78, 5) is 9.63. The molecule has 0 atom stereocenters. The number of nitrogens with zero attached hydrogens (tertiary/aromatic N) is 2. The van der Waals surface area contributed by atoms with E-state index in [2.05, 4.69) is 13.8 Å². The van der Waals surface area contributed by atoms with E-state index in [0.29, 0.717) is 35.6 Å². The maximum atomic E-state index is 14.5. The van der Waals surface area contributed by atoms with Gasteiger partial charge in [0.2, 0.25) is 0 Å². The van der Waals surface area contributed by atoms with Crippen LogP contribution in [0.3, 0.4) is 0 Å². The highest BCUT2D eigenvalue weighted by Gasteiger charge is 2.18. The molecule has 0 fully saturated rings. The largest absolute Gasteiger partial charge is 0.494 e. The second-order valence-corrected chi connectivity index (χ2v) is 11.4. The van der Waals surface area contributed by atoms with Gasteiger partial charge in [0.15, 0.2) is 11.6 Å². The highest BCUT2D eigenvalue weighted by atomic mass is 19.2. The van der Waals surface area contributed by atoms with Crippen LogP contribution in [-0.2, 0) is 0 Å². The molecule has 0 amide bonds. The highest BCUT2D eigenvalue weighted by Crippen LogP contribution is 2.34. The van der Waals surface area contributed by atoms with Crippen LogP contribution in [0.5, 0.6) is 11.5 Å². The fourth-order valence-electron chi connectivity index (χ4n) is 5.26. The summed E-state index contributed by atoms with van der Waals surface area (Å²) in [6.45, 7) is 7.35. The van der Waals surface area contributed by atoms with Gasteiger partial charge in [-0.15, -0.1) is 0 Å². The Morgan fingerprint density at radius 3 is 1.51 bits per heavy atom. The molecule has 0 spiro atoms. The van der Waals surface area contributed by atoms with Crippen LogP contribution in [0.1, 0.15) is 96.5 Å². The van der Waals surface area contributed by atoms with Crippen LogP contribution in [0, 0.1) is 18.6 Å². The number of rotatable bonds is 18. The molecular weight excluding hydrogens is 542 g/mol. The number of aromatic nitrogens is 2. The maximum Gasteiger partial charge on any atom is 0.164 e. The SMILES string of the molecule is CCCCCCCCOc1ccc(-c2nc3cc(F)c(F)c(C)c3nc2-c2ccc(OCCCCCCCC)cc2)cc1. The predicted octanol–water partition coefficient (Wildman–Crippen LogP) is 11.0. The molecule has 6 heteroatoms. The quantitative estimate of drug-likeness (QED) is 0.108. The summed E-state index contributed by atoms with van der Waals surface area (Å²) < 4.78 is 40.8. The Hall–Kier alpha value is -3.54. The van der Waals surface area contributed by atoms with Gasteiger partial charge in [-0.05, 0) is 68.3 Å². The minimum atomic E-state index is -0.927. The van der Waals surface area contributed by atoms with E-state index < -0.39 is 11.6 Å². The molecule has 4 nitrogen and oxygen atoms in total. The van der Waals surface area contributed by atoms with Crippen LogP contribution in [0.15, 0.2) is 54.6 Å². The topological polar surface area (TPSA) is 44.2 Å². The first-order chi connectivity index (χ1) is 21.0. The first-order valence-electron chi connectivity index (χ1n) is 16.1. The van der Waals surface area contributed by atoms with Gasteiger partial charge in [-0.2, -0.15) is 0 Å². The number of aryl methyl sites for hydroxylation is 1. The summed E-state index contributed by atoms with van der Waals surface area (Å²) in [5.74, 6) is -0.235. The van der Waals surface area contributed by atoms with Gasteiger partial charge < -0.3 is 9.47 Å². The number of halogens is 2. The molecule has 0 unspecified atom stereocenters. The van der Waals surface area contributed by atoms with Crippen molar-refractivity contribution in [2.24, 2.45) is 0 Å². The summed E-state index contributed by atoms with van der Waals surface area (Å²) in [5, 5.41) is 0. The fraction of sp³-hybridized carbons (Fsp3) is 0.459. The molecule has 0 radical (unpaired) electrons. The Morgan fingerprint density at radius 1 is 0.581 bits per heavy atom. The summed E-state index contributed by atoms with van der Waals surface area (Å²) in [6.07, 6.45) is 14.6. The first kappa shape index (κ1) is 32.4. The van der Waals surface area contributed by atoms with E-state index in [4.69, 9.17) is 19.4 Å². The number of fused-ring (bicyclic) bond motifs is 1. The Bertz CT molecular complexity index is 1420. The van der Waals surface area contributed by atoms with Crippen LogP contribution in [0.2, 0.25) is 0 Å². The summed E-state index contributed by atoms with van der Waals surface area (Å²) in [5.41, 5.74) is 3.65. The van der Waals surface area contributed by atoms with Crippen molar-refractivity contribution in [3.05, 3.63) is 71.8 Å². The van der Waals surface area contributed by atoms with Crippen molar-refractivity contribution in [3.63, 3.8) is 0 Å². The van der Waals surface area contributed by atoms with Crippen LogP contribution in [0.4, 0.5) is 8.78 Å². The van der Waals surface area contributed by atoms with Gasteiger partial charge >= 0.3 is 0 Å². The van der Waals surface area contributed by atoms with Crippen molar-refractivity contribution in [1.29, 1.82) is 0 Å². The van der Waals surface area contributed by atoms with Crippen LogP contribution in [-0.4, -0.2) is 23.2 Å². The lowest BCUT2D eigenvalue weighted by Gasteiger charge is -2.14. The molecule has 4 rings (SSSR count). The van der Waals surface area contributed by atoms with E-state index in [1.807, 2.05) is 48.5 Å². The summed E-state index contributed by atoms with van der Waals surface area (Å²) in [7, 11) is 0. The average Bonchev–Trinajstić information content (AvgIpc) is 3.03. The number of benzene rings is 3. The summed E-state index contributed by atoms with van der Waals surface area (Å²) >= 11 is 0. The smallest absolute Gasteiger partial charge is 0.164 e. The van der Waals surface area contributed by atoms with E-state index in [0.717, 1.165) is 41.5 Å². The zero-order valence-electron chi connectivity index (χ0n) is 26.1. The molecule has 230 valence electrons. The molecule has 0 bridgehead atoms. The van der Waals surface area contributed by atoms with Gasteiger partial charge in [0.05, 0.1) is 35.6 Å². The number of hydrogen-bond acceptors (Lipinski definition) is 4. The van der Waals surface area contributed by atoms with Gasteiger partial charge in [-0.1, -0.05) is 78.1 Å². The third kappa shape index (κ3) is 9.22. The Morgan fingerprint density at radius 2 is 1.02 bits per heavy atom. The minimum Gasteiger partial charge on any atom is -0.494 e. The molecule has 0 aliphatic carbocycles. The van der Waals surface area contributed by atoms with Crippen molar-refractivity contribution < 1.29 is 18.3 Å². The van der Waals surface area contributed by atoms with Gasteiger partial charge in [0.1, 0.15) is 11.5 Å². The molecule has 0 saturated carbocycles. The number of unbranched alkanes of at least 4 members (excludes halogenated alkanes) is 10. The number of hydrogen-bond donors (Lipinski definition) is 0. The van der Waals surface area contributed by atoms with Crippen molar-refractivity contribution in [3.8, 4) is 34.0 Å². The molecule has 43 heavy (non-hydrogen) atoms. The Labute approximate surface area is 255 Å². The van der Waals surface area contributed by atoms with E-state index >= 15 is 0 Å². The molecule has 3 aromatic carbocycles.